The molecule has 1 heteroatoms. The Balaban J connectivity index is 2.30. The van der Waals surface area contributed by atoms with Crippen LogP contribution in [0.5, 0.6) is 0 Å². The zero-order valence-corrected chi connectivity index (χ0v) is 12.3. The van der Waals surface area contributed by atoms with Crippen LogP contribution < -0.4 is 0 Å². The average Bonchev–Trinajstić information content (AvgIpc) is 2.85. The van der Waals surface area contributed by atoms with E-state index in [9.17, 15) is 0 Å². The molecule has 0 spiro atoms. The summed E-state index contributed by atoms with van der Waals surface area (Å²) in [6.45, 7) is 4.38. The van der Waals surface area contributed by atoms with Gasteiger partial charge in [-0.15, -0.1) is 0 Å². The summed E-state index contributed by atoms with van der Waals surface area (Å²) in [6.07, 6.45) is 0. The first-order chi connectivity index (χ1) is 10.3. The maximum absolute atomic E-state index is 2.38. The molecule has 4 rings (SSSR count). The second-order valence-electron chi connectivity index (χ2n) is 5.61. The summed E-state index contributed by atoms with van der Waals surface area (Å²) in [4.78, 5) is 0. The largest absolute Gasteiger partial charge is 0.309 e. The summed E-state index contributed by atoms with van der Waals surface area (Å²) < 4.78 is 2.38. The molecule has 0 saturated heterocycles. The van der Waals surface area contributed by atoms with Gasteiger partial charge in [0.2, 0.25) is 0 Å². The average molecular weight is 271 g/mol. The first-order valence-electron chi connectivity index (χ1n) is 7.32. The fraction of sp³-hybridized carbons (Fsp3) is 0.100. The Kier molecular flexibility index (Phi) is 2.61. The number of fused-ring (bicyclic) bond motifs is 3. The minimum absolute atomic E-state index is 1.22. The van der Waals surface area contributed by atoms with Crippen LogP contribution in [0, 0.1) is 13.8 Å². The summed E-state index contributed by atoms with van der Waals surface area (Å²) in [5, 5.41) is 2.70. The van der Waals surface area contributed by atoms with Crippen LogP contribution in [0.3, 0.4) is 0 Å². The zero-order chi connectivity index (χ0) is 14.4. The van der Waals surface area contributed by atoms with Crippen molar-refractivity contribution in [1.29, 1.82) is 0 Å². The van der Waals surface area contributed by atoms with Gasteiger partial charge in [-0.1, -0.05) is 48.5 Å². The lowest BCUT2D eigenvalue weighted by Gasteiger charge is -2.09. The second kappa shape index (κ2) is 4.49. The van der Waals surface area contributed by atoms with Gasteiger partial charge >= 0.3 is 0 Å². The molecular weight excluding hydrogens is 254 g/mol. The molecule has 3 aromatic carbocycles. The van der Waals surface area contributed by atoms with Crippen molar-refractivity contribution in [2.75, 3.05) is 0 Å². The highest BCUT2D eigenvalue weighted by Crippen LogP contribution is 2.35. The molecule has 0 saturated carbocycles. The monoisotopic (exact) mass is 271 g/mol. The maximum atomic E-state index is 2.38. The van der Waals surface area contributed by atoms with E-state index < -0.39 is 0 Å². The van der Waals surface area contributed by atoms with Crippen molar-refractivity contribution >= 4 is 21.8 Å². The molecule has 0 fully saturated rings. The molecule has 21 heavy (non-hydrogen) atoms. The van der Waals surface area contributed by atoms with E-state index in [1.807, 2.05) is 0 Å². The molecule has 1 nitrogen and oxygen atoms in total. The van der Waals surface area contributed by atoms with E-state index in [0.717, 1.165) is 0 Å². The van der Waals surface area contributed by atoms with Crippen molar-refractivity contribution in [2.24, 2.45) is 0 Å². The van der Waals surface area contributed by atoms with E-state index in [1.54, 1.807) is 0 Å². The number of hydrogen-bond acceptors (Lipinski definition) is 0. The van der Waals surface area contributed by atoms with Gasteiger partial charge in [-0.25, -0.2) is 0 Å². The summed E-state index contributed by atoms with van der Waals surface area (Å²) >= 11 is 0. The number of aryl methyl sites for hydroxylation is 2. The van der Waals surface area contributed by atoms with Crippen LogP contribution in [0.25, 0.3) is 27.5 Å². The van der Waals surface area contributed by atoms with Crippen molar-refractivity contribution < 1.29 is 0 Å². The highest BCUT2D eigenvalue weighted by molar-refractivity contribution is 6.11. The number of nitrogens with zero attached hydrogens (tertiary/aromatic N) is 1. The van der Waals surface area contributed by atoms with E-state index in [1.165, 1.54) is 38.6 Å². The minimum Gasteiger partial charge on any atom is -0.309 e. The second-order valence-corrected chi connectivity index (χ2v) is 5.61. The molecule has 102 valence electrons. The van der Waals surface area contributed by atoms with Crippen molar-refractivity contribution in [1.82, 2.24) is 4.57 Å². The Labute approximate surface area is 124 Å². The van der Waals surface area contributed by atoms with Gasteiger partial charge in [-0.05, 0) is 43.2 Å². The smallest absolute Gasteiger partial charge is 0.0570 e. The molecule has 0 N–H and O–H groups in total. The lowest BCUT2D eigenvalue weighted by atomic mass is 10.1. The van der Waals surface area contributed by atoms with Gasteiger partial charge in [0.05, 0.1) is 11.0 Å². The Morgan fingerprint density at radius 2 is 1.38 bits per heavy atom. The van der Waals surface area contributed by atoms with Crippen molar-refractivity contribution in [3.8, 4) is 5.69 Å². The van der Waals surface area contributed by atoms with E-state index in [4.69, 9.17) is 0 Å². The Morgan fingerprint density at radius 3 is 2.19 bits per heavy atom. The lowest BCUT2D eigenvalue weighted by Crippen LogP contribution is -1.94. The van der Waals surface area contributed by atoms with Crippen molar-refractivity contribution in [3.05, 3.63) is 77.9 Å². The molecule has 0 aliphatic rings. The molecule has 0 atom stereocenters. The van der Waals surface area contributed by atoms with Gasteiger partial charge in [0, 0.05) is 16.5 Å². The van der Waals surface area contributed by atoms with Crippen LogP contribution in [0.15, 0.2) is 66.7 Å². The number of aromatic nitrogens is 1. The van der Waals surface area contributed by atoms with E-state index in [-0.39, 0.29) is 0 Å². The SMILES string of the molecule is Cc1cccc2c1c1cccc(C)c1n2-c1ccccc1. The van der Waals surface area contributed by atoms with Gasteiger partial charge in [0.25, 0.3) is 0 Å². The highest BCUT2D eigenvalue weighted by Gasteiger charge is 2.14. The fourth-order valence-corrected chi connectivity index (χ4v) is 3.31. The van der Waals surface area contributed by atoms with Crippen LogP contribution in [-0.4, -0.2) is 4.57 Å². The third-order valence-corrected chi connectivity index (χ3v) is 4.24. The summed E-state index contributed by atoms with van der Waals surface area (Å²) in [7, 11) is 0. The predicted molar refractivity (Wildman–Crippen MR) is 90.3 cm³/mol. The van der Waals surface area contributed by atoms with Crippen LogP contribution in [-0.2, 0) is 0 Å². The first kappa shape index (κ1) is 12.2. The van der Waals surface area contributed by atoms with Crippen molar-refractivity contribution in [3.63, 3.8) is 0 Å². The van der Waals surface area contributed by atoms with Gasteiger partial charge in [0.1, 0.15) is 0 Å². The van der Waals surface area contributed by atoms with E-state index in [2.05, 4.69) is 85.1 Å². The summed E-state index contributed by atoms with van der Waals surface area (Å²) in [6, 6.07) is 23.7. The van der Waals surface area contributed by atoms with Gasteiger partial charge in [-0.2, -0.15) is 0 Å². The highest BCUT2D eigenvalue weighted by atomic mass is 15.0. The number of hydrogen-bond donors (Lipinski definition) is 0. The third-order valence-electron chi connectivity index (χ3n) is 4.24. The molecular formula is C20H17N. The predicted octanol–water partition coefficient (Wildman–Crippen LogP) is 5.40. The molecule has 0 radical (unpaired) electrons. The van der Waals surface area contributed by atoms with Crippen molar-refractivity contribution in [2.45, 2.75) is 13.8 Å². The number of rotatable bonds is 1. The molecule has 4 aromatic rings. The Hall–Kier alpha value is -2.54. The summed E-state index contributed by atoms with van der Waals surface area (Å²) in [5.74, 6) is 0. The zero-order valence-electron chi connectivity index (χ0n) is 12.3. The fourth-order valence-electron chi connectivity index (χ4n) is 3.31. The van der Waals surface area contributed by atoms with Crippen LogP contribution in [0.4, 0.5) is 0 Å². The third kappa shape index (κ3) is 1.71. The van der Waals surface area contributed by atoms with Crippen LogP contribution in [0.2, 0.25) is 0 Å². The maximum Gasteiger partial charge on any atom is 0.0570 e. The standard InChI is InChI=1S/C20H17N/c1-14-8-7-13-18-19(14)17-12-6-9-15(2)20(17)21(18)16-10-4-3-5-11-16/h3-13H,1-2H3. The van der Waals surface area contributed by atoms with Gasteiger partial charge in [-0.3, -0.25) is 0 Å². The molecule has 1 heterocycles. The lowest BCUT2D eigenvalue weighted by molar-refractivity contribution is 1.17. The molecule has 0 amide bonds. The Morgan fingerprint density at radius 1 is 0.667 bits per heavy atom. The van der Waals surface area contributed by atoms with E-state index in [0.29, 0.717) is 0 Å². The summed E-state index contributed by atoms with van der Waals surface area (Å²) in [5.41, 5.74) is 6.46. The molecule has 0 unspecified atom stereocenters. The number of benzene rings is 3. The molecule has 1 aromatic heterocycles. The van der Waals surface area contributed by atoms with Crippen LogP contribution >= 0.6 is 0 Å². The van der Waals surface area contributed by atoms with Gasteiger partial charge < -0.3 is 4.57 Å². The first-order valence-corrected chi connectivity index (χ1v) is 7.32. The van der Waals surface area contributed by atoms with Gasteiger partial charge in [0.15, 0.2) is 0 Å². The number of para-hydroxylation sites is 2. The Bertz CT molecular complexity index is 946. The van der Waals surface area contributed by atoms with E-state index >= 15 is 0 Å². The minimum atomic E-state index is 1.22. The molecule has 0 bridgehead atoms. The molecule has 0 aliphatic heterocycles. The molecule has 0 aliphatic carbocycles. The topological polar surface area (TPSA) is 4.93 Å². The normalized spacial score (nSPS) is 11.3. The quantitative estimate of drug-likeness (QED) is 0.437. The van der Waals surface area contributed by atoms with Crippen LogP contribution in [0.1, 0.15) is 11.1 Å².